The van der Waals surface area contributed by atoms with E-state index in [0.29, 0.717) is 13.1 Å². The zero-order valence-corrected chi connectivity index (χ0v) is 15.0. The quantitative estimate of drug-likeness (QED) is 0.520. The maximum absolute atomic E-state index is 10.6. The molecular formula is C17H35N3O2. The monoisotopic (exact) mass is 313 g/mol. The maximum Gasteiger partial charge on any atom is 0.191 e. The minimum Gasteiger partial charge on any atom is -0.388 e. The lowest BCUT2D eigenvalue weighted by atomic mass is 9.85. The molecule has 1 fully saturated rings. The van der Waals surface area contributed by atoms with Crippen molar-refractivity contribution in [1.29, 1.82) is 0 Å². The first-order valence-corrected chi connectivity index (χ1v) is 8.58. The van der Waals surface area contributed by atoms with Crippen LogP contribution in [0.2, 0.25) is 0 Å². The number of guanidine groups is 1. The van der Waals surface area contributed by atoms with Crippen LogP contribution in [0.1, 0.15) is 59.8 Å². The molecule has 3 N–H and O–H groups in total. The number of ether oxygens (including phenoxy) is 1. The molecule has 1 aliphatic carbocycles. The Morgan fingerprint density at radius 1 is 1.23 bits per heavy atom. The molecule has 22 heavy (non-hydrogen) atoms. The molecule has 130 valence electrons. The Kier molecular flexibility index (Phi) is 7.63. The van der Waals surface area contributed by atoms with Gasteiger partial charge in [-0.3, -0.25) is 4.99 Å². The SMILES string of the molecule is CCNC(=NCC1(O)CCCCC1)NCC(OC)C(C)(C)C. The van der Waals surface area contributed by atoms with E-state index in [9.17, 15) is 5.11 Å². The van der Waals surface area contributed by atoms with E-state index in [1.54, 1.807) is 7.11 Å². The summed E-state index contributed by atoms with van der Waals surface area (Å²) in [5, 5.41) is 17.1. The normalized spacial score (nSPS) is 20.5. The molecule has 1 atom stereocenters. The lowest BCUT2D eigenvalue weighted by Crippen LogP contribution is -2.46. The van der Waals surface area contributed by atoms with E-state index < -0.39 is 5.60 Å². The summed E-state index contributed by atoms with van der Waals surface area (Å²) in [5.74, 6) is 0.757. The molecule has 0 spiro atoms. The Labute approximate surface area is 135 Å². The van der Waals surface area contributed by atoms with Crippen LogP contribution in [0.3, 0.4) is 0 Å². The molecule has 0 bridgehead atoms. The number of hydrogen-bond acceptors (Lipinski definition) is 3. The van der Waals surface area contributed by atoms with Gasteiger partial charge in [-0.2, -0.15) is 0 Å². The highest BCUT2D eigenvalue weighted by molar-refractivity contribution is 5.79. The predicted molar refractivity (Wildman–Crippen MR) is 92.3 cm³/mol. The Balaban J connectivity index is 2.58. The summed E-state index contributed by atoms with van der Waals surface area (Å²) in [4.78, 5) is 4.59. The molecule has 0 radical (unpaired) electrons. The summed E-state index contributed by atoms with van der Waals surface area (Å²) >= 11 is 0. The maximum atomic E-state index is 10.6. The lowest BCUT2D eigenvalue weighted by molar-refractivity contribution is 0.0127. The van der Waals surface area contributed by atoms with Crippen LogP contribution in [-0.4, -0.2) is 49.5 Å². The molecule has 0 heterocycles. The fourth-order valence-electron chi connectivity index (χ4n) is 2.87. The Bertz CT molecular complexity index is 344. The van der Waals surface area contributed by atoms with Gasteiger partial charge < -0.3 is 20.5 Å². The van der Waals surface area contributed by atoms with Gasteiger partial charge in [-0.1, -0.05) is 40.0 Å². The molecule has 0 aromatic carbocycles. The first-order valence-electron chi connectivity index (χ1n) is 8.58. The number of hydrogen-bond donors (Lipinski definition) is 3. The molecule has 1 aliphatic rings. The van der Waals surface area contributed by atoms with Crippen LogP contribution in [-0.2, 0) is 4.74 Å². The van der Waals surface area contributed by atoms with Crippen LogP contribution in [0.5, 0.6) is 0 Å². The second-order valence-corrected chi connectivity index (χ2v) is 7.45. The fraction of sp³-hybridized carbons (Fsp3) is 0.941. The van der Waals surface area contributed by atoms with Crippen LogP contribution in [0.4, 0.5) is 0 Å². The van der Waals surface area contributed by atoms with Crippen LogP contribution in [0.15, 0.2) is 4.99 Å². The molecule has 1 unspecified atom stereocenters. The number of nitrogens with zero attached hydrogens (tertiary/aromatic N) is 1. The standard InChI is InChI=1S/C17H35N3O2/c1-6-18-15(19-12-14(22-5)16(2,3)4)20-13-17(21)10-8-7-9-11-17/h14,21H,6-13H2,1-5H3,(H2,18,19,20). The second kappa shape index (κ2) is 8.73. The topological polar surface area (TPSA) is 65.9 Å². The highest BCUT2D eigenvalue weighted by Gasteiger charge is 2.29. The molecule has 0 saturated heterocycles. The number of methoxy groups -OCH3 is 1. The van der Waals surface area contributed by atoms with Gasteiger partial charge in [0.2, 0.25) is 0 Å². The molecule has 0 amide bonds. The van der Waals surface area contributed by atoms with Gasteiger partial charge >= 0.3 is 0 Å². The van der Waals surface area contributed by atoms with Gasteiger partial charge in [-0.15, -0.1) is 0 Å². The number of rotatable bonds is 6. The molecule has 5 nitrogen and oxygen atoms in total. The first kappa shape index (κ1) is 19.2. The van der Waals surface area contributed by atoms with Crippen molar-refractivity contribution in [1.82, 2.24) is 10.6 Å². The largest absolute Gasteiger partial charge is 0.388 e. The summed E-state index contributed by atoms with van der Waals surface area (Å²) in [6.45, 7) is 10.5. The van der Waals surface area contributed by atoms with Crippen LogP contribution < -0.4 is 10.6 Å². The van der Waals surface area contributed by atoms with Crippen LogP contribution in [0.25, 0.3) is 0 Å². The zero-order valence-electron chi connectivity index (χ0n) is 15.0. The Morgan fingerprint density at radius 2 is 1.86 bits per heavy atom. The zero-order chi connectivity index (χ0) is 16.6. The average molecular weight is 313 g/mol. The minimum absolute atomic E-state index is 0.0701. The van der Waals surface area contributed by atoms with E-state index in [1.807, 2.05) is 6.92 Å². The van der Waals surface area contributed by atoms with Crippen molar-refractivity contribution in [2.45, 2.75) is 71.5 Å². The van der Waals surface area contributed by atoms with Gasteiger partial charge in [0, 0.05) is 20.2 Å². The van der Waals surface area contributed by atoms with E-state index in [4.69, 9.17) is 4.74 Å². The highest BCUT2D eigenvalue weighted by atomic mass is 16.5. The van der Waals surface area contributed by atoms with Crippen molar-refractivity contribution in [2.24, 2.45) is 10.4 Å². The van der Waals surface area contributed by atoms with E-state index in [2.05, 4.69) is 36.4 Å². The summed E-state index contributed by atoms with van der Waals surface area (Å²) in [7, 11) is 1.74. The summed E-state index contributed by atoms with van der Waals surface area (Å²) in [6.07, 6.45) is 5.26. The smallest absolute Gasteiger partial charge is 0.191 e. The number of nitrogens with one attached hydrogen (secondary N) is 2. The van der Waals surface area contributed by atoms with Crippen molar-refractivity contribution in [2.75, 3.05) is 26.7 Å². The first-order chi connectivity index (χ1) is 10.3. The molecule has 1 rings (SSSR count). The molecule has 0 aromatic rings. The number of aliphatic imine (C=N–C) groups is 1. The van der Waals surface area contributed by atoms with E-state index >= 15 is 0 Å². The van der Waals surface area contributed by atoms with Gasteiger partial charge in [0.05, 0.1) is 18.2 Å². The van der Waals surface area contributed by atoms with E-state index in [1.165, 1.54) is 6.42 Å². The Morgan fingerprint density at radius 3 is 2.36 bits per heavy atom. The predicted octanol–water partition coefficient (Wildman–Crippen LogP) is 2.30. The van der Waals surface area contributed by atoms with Crippen LogP contribution >= 0.6 is 0 Å². The third-order valence-electron chi connectivity index (χ3n) is 4.37. The number of aliphatic hydroxyl groups is 1. The van der Waals surface area contributed by atoms with Crippen molar-refractivity contribution >= 4 is 5.96 Å². The van der Waals surface area contributed by atoms with Crippen molar-refractivity contribution in [3.63, 3.8) is 0 Å². The molecule has 5 heteroatoms. The van der Waals surface area contributed by atoms with Gasteiger partial charge in [0.15, 0.2) is 5.96 Å². The fourth-order valence-corrected chi connectivity index (χ4v) is 2.87. The summed E-state index contributed by atoms with van der Waals surface area (Å²) < 4.78 is 5.56. The second-order valence-electron chi connectivity index (χ2n) is 7.45. The third-order valence-corrected chi connectivity index (χ3v) is 4.37. The lowest BCUT2D eigenvalue weighted by Gasteiger charge is -2.31. The molecule has 1 saturated carbocycles. The van der Waals surface area contributed by atoms with Crippen molar-refractivity contribution < 1.29 is 9.84 Å². The minimum atomic E-state index is -0.620. The van der Waals surface area contributed by atoms with Gasteiger partial charge in [-0.05, 0) is 25.2 Å². The molecule has 0 aliphatic heterocycles. The highest BCUT2D eigenvalue weighted by Crippen LogP contribution is 2.28. The van der Waals surface area contributed by atoms with E-state index in [0.717, 1.165) is 38.2 Å². The molecular weight excluding hydrogens is 278 g/mol. The molecule has 0 aromatic heterocycles. The van der Waals surface area contributed by atoms with Crippen LogP contribution in [0, 0.1) is 5.41 Å². The van der Waals surface area contributed by atoms with Crippen molar-refractivity contribution in [3.8, 4) is 0 Å². The van der Waals surface area contributed by atoms with E-state index in [-0.39, 0.29) is 11.5 Å². The van der Waals surface area contributed by atoms with Crippen molar-refractivity contribution in [3.05, 3.63) is 0 Å². The van der Waals surface area contributed by atoms with Gasteiger partial charge in [-0.25, -0.2) is 0 Å². The van der Waals surface area contributed by atoms with Gasteiger partial charge in [0.25, 0.3) is 0 Å². The summed E-state index contributed by atoms with van der Waals surface area (Å²) in [6, 6.07) is 0. The third kappa shape index (κ3) is 6.53. The Hall–Kier alpha value is -0.810. The average Bonchev–Trinajstić information content (AvgIpc) is 2.44. The van der Waals surface area contributed by atoms with Gasteiger partial charge in [0.1, 0.15) is 0 Å². The summed E-state index contributed by atoms with van der Waals surface area (Å²) in [5.41, 5.74) is -0.550.